The lowest BCUT2D eigenvalue weighted by Gasteiger charge is -2.07. The third-order valence-corrected chi connectivity index (χ3v) is 7.92. The van der Waals surface area contributed by atoms with Gasteiger partial charge in [-0.25, -0.2) is 29.1 Å². The number of benzene rings is 2. The van der Waals surface area contributed by atoms with Crippen molar-refractivity contribution in [2.45, 2.75) is 13.1 Å². The molecule has 2 amide bonds. The quantitative estimate of drug-likeness (QED) is 0.164. The van der Waals surface area contributed by atoms with E-state index in [0.717, 1.165) is 20.2 Å². The molecule has 2 aromatic carbocycles. The Balaban J connectivity index is 0.000000167. The number of rotatable bonds is 8. The molecule has 54 heavy (non-hydrogen) atoms. The highest BCUT2D eigenvalue weighted by atomic mass is 16.4. The summed E-state index contributed by atoms with van der Waals surface area (Å²) < 4.78 is 15.0. The lowest BCUT2D eigenvalue weighted by Crippen LogP contribution is -2.28. The highest BCUT2D eigenvalue weighted by molar-refractivity contribution is 5.93. The summed E-state index contributed by atoms with van der Waals surface area (Å²) in [5.41, 5.74) is 3.90. The number of fused-ring (bicyclic) bond motifs is 4. The normalized spacial score (nSPS) is 11.1. The Labute approximate surface area is 297 Å². The number of nitrogens with zero attached hydrogens (tertiary/aromatic N) is 10. The van der Waals surface area contributed by atoms with E-state index >= 15 is 0 Å². The number of carbonyl (C=O) groups is 4. The molecule has 0 unspecified atom stereocenters. The zero-order chi connectivity index (χ0) is 38.3. The predicted octanol–water partition coefficient (Wildman–Crippen LogP) is 0.395. The number of hydrogen-bond donors (Lipinski definition) is 4. The lowest BCUT2D eigenvalue weighted by molar-refractivity contribution is 0.0670. The molecule has 0 saturated carbocycles. The number of hydrogen-bond acceptors (Lipinski definition) is 14. The average Bonchev–Trinajstić information content (AvgIpc) is 3.95. The number of oxazole rings is 2. The Bertz CT molecular complexity index is 2930. The van der Waals surface area contributed by atoms with Gasteiger partial charge in [-0.3, -0.25) is 18.7 Å². The van der Waals surface area contributed by atoms with Crippen LogP contribution in [0.15, 0.2) is 79.3 Å². The Morgan fingerprint density at radius 2 is 1.11 bits per heavy atom. The van der Waals surface area contributed by atoms with Gasteiger partial charge in [0.05, 0.1) is 23.4 Å². The maximum absolute atomic E-state index is 12.5. The van der Waals surface area contributed by atoms with Crippen LogP contribution in [0.25, 0.3) is 33.5 Å². The topological polar surface area (TPSA) is 289 Å². The molecule has 6 heterocycles. The van der Waals surface area contributed by atoms with Crippen molar-refractivity contribution in [1.82, 2.24) is 58.9 Å². The first-order valence-corrected chi connectivity index (χ1v) is 15.5. The highest BCUT2D eigenvalue weighted by Gasteiger charge is 2.20. The number of carboxylic acid groups (broad SMARTS) is 2. The molecule has 8 rings (SSSR count). The molecule has 0 aliphatic carbocycles. The number of aryl methyl sites for hydroxylation is 2. The van der Waals surface area contributed by atoms with Crippen LogP contribution in [-0.4, -0.2) is 82.3 Å². The summed E-state index contributed by atoms with van der Waals surface area (Å²) in [6.45, 7) is 0.258. The lowest BCUT2D eigenvalue weighted by atomic mass is 10.2. The zero-order valence-electron chi connectivity index (χ0n) is 27.8. The molecule has 272 valence electrons. The van der Waals surface area contributed by atoms with Crippen molar-refractivity contribution in [3.05, 3.63) is 116 Å². The largest absolute Gasteiger partial charge is 0.475 e. The van der Waals surface area contributed by atoms with Crippen molar-refractivity contribution in [3.63, 3.8) is 0 Å². The van der Waals surface area contributed by atoms with Gasteiger partial charge in [0.2, 0.25) is 23.3 Å². The standard InChI is InChI=1S/2C16H12N6O5/c1-21-9-6-8(2-3-10(9)27-16(21)26)7-17-14(23)13-20-12(15(24)25)19-11-4-5-18-22(11)13;1-21-9-6-8(2-3-10(9)27-16(21)26)7-17-14(23)12-19-11-4-5-18-22(11)13(20-12)15(24)25/h2*2-6H,7H2,1H3,(H,17,23)(H,24,25). The minimum absolute atomic E-state index is 0.128. The molecule has 0 spiro atoms. The van der Waals surface area contributed by atoms with Gasteiger partial charge in [-0.2, -0.15) is 29.2 Å². The van der Waals surface area contributed by atoms with Crippen molar-refractivity contribution < 1.29 is 38.2 Å². The van der Waals surface area contributed by atoms with Crippen LogP contribution < -0.4 is 22.1 Å². The number of nitrogens with one attached hydrogen (secondary N) is 2. The van der Waals surface area contributed by atoms with Crippen LogP contribution >= 0.6 is 0 Å². The van der Waals surface area contributed by atoms with Crippen LogP contribution in [-0.2, 0) is 27.2 Å². The van der Waals surface area contributed by atoms with Crippen LogP contribution in [0.1, 0.15) is 53.6 Å². The highest BCUT2D eigenvalue weighted by Crippen LogP contribution is 2.16. The summed E-state index contributed by atoms with van der Waals surface area (Å²) in [4.78, 5) is 85.8. The molecule has 0 aliphatic heterocycles. The average molecular weight is 737 g/mol. The first-order chi connectivity index (χ1) is 25.9. The van der Waals surface area contributed by atoms with E-state index in [4.69, 9.17) is 13.9 Å². The van der Waals surface area contributed by atoms with Gasteiger partial charge in [0.1, 0.15) is 0 Å². The fourth-order valence-electron chi connectivity index (χ4n) is 5.22. The third kappa shape index (κ3) is 6.47. The molecule has 6 aromatic heterocycles. The first-order valence-electron chi connectivity index (χ1n) is 15.5. The molecule has 0 fully saturated rings. The zero-order valence-corrected chi connectivity index (χ0v) is 27.8. The minimum Gasteiger partial charge on any atom is -0.475 e. The summed E-state index contributed by atoms with van der Waals surface area (Å²) in [6.07, 6.45) is 2.75. The molecular weight excluding hydrogens is 712 g/mol. The van der Waals surface area contributed by atoms with Crippen molar-refractivity contribution >= 4 is 57.2 Å². The van der Waals surface area contributed by atoms with Gasteiger partial charge in [-0.15, -0.1) is 0 Å². The molecule has 0 bridgehead atoms. The molecule has 0 aliphatic rings. The maximum Gasteiger partial charge on any atom is 0.419 e. The van der Waals surface area contributed by atoms with Crippen LogP contribution in [0.5, 0.6) is 0 Å². The summed E-state index contributed by atoms with van der Waals surface area (Å²) >= 11 is 0. The van der Waals surface area contributed by atoms with Crippen LogP contribution in [0.2, 0.25) is 0 Å². The molecule has 22 heteroatoms. The van der Waals surface area contributed by atoms with Crippen molar-refractivity contribution in [1.29, 1.82) is 0 Å². The van der Waals surface area contributed by atoms with E-state index in [9.17, 15) is 33.9 Å². The van der Waals surface area contributed by atoms with E-state index in [-0.39, 0.29) is 36.0 Å². The van der Waals surface area contributed by atoms with Crippen LogP contribution in [0, 0.1) is 0 Å². The second-order valence-electron chi connectivity index (χ2n) is 11.4. The summed E-state index contributed by atoms with van der Waals surface area (Å²) in [7, 11) is 3.16. The van der Waals surface area contributed by atoms with E-state index in [1.165, 1.54) is 33.7 Å². The van der Waals surface area contributed by atoms with Gasteiger partial charge in [0, 0.05) is 39.3 Å². The van der Waals surface area contributed by atoms with Crippen LogP contribution in [0.4, 0.5) is 0 Å². The molecule has 0 saturated heterocycles. The summed E-state index contributed by atoms with van der Waals surface area (Å²) in [6, 6.07) is 13.0. The smallest absolute Gasteiger partial charge is 0.419 e. The van der Waals surface area contributed by atoms with Gasteiger partial charge in [0.25, 0.3) is 11.8 Å². The van der Waals surface area contributed by atoms with Gasteiger partial charge in [-0.05, 0) is 35.4 Å². The van der Waals surface area contributed by atoms with E-state index in [0.29, 0.717) is 22.2 Å². The Hall–Kier alpha value is -8.04. The number of carboxylic acids is 2. The number of aromatic carboxylic acids is 2. The third-order valence-electron chi connectivity index (χ3n) is 7.92. The second kappa shape index (κ2) is 13.6. The molecular formula is C32H24N12O10. The van der Waals surface area contributed by atoms with Crippen molar-refractivity contribution in [2.75, 3.05) is 0 Å². The molecule has 4 N–H and O–H groups in total. The Kier molecular flexibility index (Phi) is 8.66. The molecule has 22 nitrogen and oxygen atoms in total. The summed E-state index contributed by atoms with van der Waals surface area (Å²) in [5, 5.41) is 31.4. The van der Waals surface area contributed by atoms with E-state index < -0.39 is 46.9 Å². The number of amides is 2. The van der Waals surface area contributed by atoms with Crippen molar-refractivity contribution in [2.24, 2.45) is 14.1 Å². The van der Waals surface area contributed by atoms with Gasteiger partial charge in [0.15, 0.2) is 22.5 Å². The second-order valence-corrected chi connectivity index (χ2v) is 11.4. The van der Waals surface area contributed by atoms with Gasteiger partial charge in [-0.1, -0.05) is 12.1 Å². The maximum atomic E-state index is 12.5. The predicted molar refractivity (Wildman–Crippen MR) is 181 cm³/mol. The first kappa shape index (κ1) is 34.4. The number of aromatic nitrogens is 10. The Morgan fingerprint density at radius 3 is 1.63 bits per heavy atom. The SMILES string of the molecule is Cn1c(=O)oc2ccc(CNC(=O)c3nc(C(=O)O)n4nccc4n3)cc21.Cn1c(=O)oc2ccc(CNC(=O)c3nc(C(=O)O)nc4ccnn34)cc21. The molecule has 8 aromatic rings. The monoisotopic (exact) mass is 736 g/mol. The fraction of sp³-hybridized carbons (Fsp3) is 0.125. The van der Waals surface area contributed by atoms with Crippen molar-refractivity contribution in [3.8, 4) is 0 Å². The van der Waals surface area contributed by atoms with E-state index in [1.54, 1.807) is 50.5 Å². The van der Waals surface area contributed by atoms with E-state index in [2.05, 4.69) is 40.8 Å². The van der Waals surface area contributed by atoms with Crippen LogP contribution in [0.3, 0.4) is 0 Å². The molecule has 0 atom stereocenters. The van der Waals surface area contributed by atoms with E-state index in [1.807, 2.05) is 0 Å². The van der Waals surface area contributed by atoms with Gasteiger partial charge >= 0.3 is 23.5 Å². The summed E-state index contributed by atoms with van der Waals surface area (Å²) in [5.74, 6) is -6.27. The minimum atomic E-state index is -1.35. The van der Waals surface area contributed by atoms with Gasteiger partial charge < -0.3 is 29.7 Å². The Morgan fingerprint density at radius 1 is 0.630 bits per heavy atom. The number of carbonyl (C=O) groups excluding carboxylic acids is 2. The fourth-order valence-corrected chi connectivity index (χ4v) is 5.22. The molecule has 0 radical (unpaired) electrons.